The summed E-state index contributed by atoms with van der Waals surface area (Å²) in [5.41, 5.74) is 3.78. The number of carbonyl (C=O) groups is 2. The normalized spacial score (nSPS) is 27.1. The van der Waals surface area contributed by atoms with Gasteiger partial charge in [0.15, 0.2) is 0 Å². The molecule has 6 nitrogen and oxygen atoms in total. The van der Waals surface area contributed by atoms with Gasteiger partial charge in [-0.2, -0.15) is 0 Å². The van der Waals surface area contributed by atoms with Crippen LogP contribution in [0.2, 0.25) is 0 Å². The number of anilines is 2. The Balaban J connectivity index is 1.57. The molecule has 0 unspecified atom stereocenters. The molecule has 2 saturated heterocycles. The second-order valence-electron chi connectivity index (χ2n) is 8.72. The predicted molar refractivity (Wildman–Crippen MR) is 116 cm³/mol. The maximum Gasteiger partial charge on any atom is 0.250 e. The minimum atomic E-state index is -0.927. The molecule has 30 heavy (non-hydrogen) atoms. The second kappa shape index (κ2) is 6.84. The highest BCUT2D eigenvalue weighted by Gasteiger charge is 2.65. The molecule has 0 radical (unpaired) electrons. The number of nitrogens with one attached hydrogen (secondary N) is 2. The Morgan fingerprint density at radius 2 is 2.00 bits per heavy atom. The topological polar surface area (TPSA) is 70.7 Å². The third kappa shape index (κ3) is 2.59. The van der Waals surface area contributed by atoms with Gasteiger partial charge >= 0.3 is 0 Å². The lowest BCUT2D eigenvalue weighted by Gasteiger charge is -2.36. The van der Waals surface area contributed by atoms with Gasteiger partial charge in [0.25, 0.3) is 0 Å². The van der Waals surface area contributed by atoms with Gasteiger partial charge in [-0.05, 0) is 69.5 Å². The lowest BCUT2D eigenvalue weighted by Crippen LogP contribution is -2.53. The zero-order valence-corrected chi connectivity index (χ0v) is 17.6. The summed E-state index contributed by atoms with van der Waals surface area (Å²) in [6.07, 6.45) is 2.79. The van der Waals surface area contributed by atoms with E-state index in [4.69, 9.17) is 4.74 Å². The maximum atomic E-state index is 13.6. The van der Waals surface area contributed by atoms with Crippen molar-refractivity contribution in [2.75, 3.05) is 24.3 Å². The van der Waals surface area contributed by atoms with Crippen LogP contribution in [-0.2, 0) is 15.1 Å². The highest BCUT2D eigenvalue weighted by atomic mass is 16.5. The third-order valence-corrected chi connectivity index (χ3v) is 6.99. The fourth-order valence-electron chi connectivity index (χ4n) is 5.78. The molecule has 2 N–H and O–H groups in total. The molecule has 2 fully saturated rings. The summed E-state index contributed by atoms with van der Waals surface area (Å²) < 4.78 is 5.20. The lowest BCUT2D eigenvalue weighted by atomic mass is 9.77. The third-order valence-electron chi connectivity index (χ3n) is 6.99. The fourth-order valence-corrected chi connectivity index (χ4v) is 5.78. The Bertz CT molecular complexity index is 1030. The van der Waals surface area contributed by atoms with Gasteiger partial charge in [-0.25, -0.2) is 0 Å². The molecule has 0 aliphatic carbocycles. The van der Waals surface area contributed by atoms with Gasteiger partial charge in [-0.1, -0.05) is 17.7 Å². The first kappa shape index (κ1) is 19.1. The first-order chi connectivity index (χ1) is 14.4. The number of amides is 2. The number of benzene rings is 2. The van der Waals surface area contributed by atoms with E-state index < -0.39 is 11.5 Å². The Labute approximate surface area is 176 Å². The quantitative estimate of drug-likeness (QED) is 0.819. The predicted octanol–water partition coefficient (Wildman–Crippen LogP) is 3.58. The van der Waals surface area contributed by atoms with Crippen LogP contribution >= 0.6 is 0 Å². The van der Waals surface area contributed by atoms with E-state index in [1.54, 1.807) is 7.11 Å². The molecule has 2 aromatic carbocycles. The van der Waals surface area contributed by atoms with Gasteiger partial charge in [-0.3, -0.25) is 14.5 Å². The number of fused-ring (bicyclic) bond motifs is 4. The highest BCUT2D eigenvalue weighted by molar-refractivity contribution is 6.11. The van der Waals surface area contributed by atoms with Gasteiger partial charge in [0.2, 0.25) is 11.8 Å². The minimum Gasteiger partial charge on any atom is -0.497 e. The summed E-state index contributed by atoms with van der Waals surface area (Å²) in [7, 11) is 1.61. The molecule has 1 spiro atoms. The molecule has 0 aromatic heterocycles. The smallest absolute Gasteiger partial charge is 0.250 e. The van der Waals surface area contributed by atoms with Crippen LogP contribution in [0.25, 0.3) is 0 Å². The standard InChI is InChI=1S/C24H27N3O3/c1-14-11-15(2)21-19(12-14)24(23(29)26-21)20(13-17-5-4-10-27(17)24)22(28)25-16-6-8-18(30-3)9-7-16/h6-9,11-12,17,20H,4-5,10,13H2,1-3H3,(H,25,28)(H,26,29)/t17-,20+,24-/m1/s1. The summed E-state index contributed by atoms with van der Waals surface area (Å²) in [6.45, 7) is 4.91. The second-order valence-corrected chi connectivity index (χ2v) is 8.72. The monoisotopic (exact) mass is 405 g/mol. The summed E-state index contributed by atoms with van der Waals surface area (Å²) in [6, 6.07) is 11.7. The Kier molecular flexibility index (Phi) is 4.36. The molecule has 5 rings (SSSR count). The number of ether oxygens (including phenoxy) is 1. The molecule has 3 atom stereocenters. The fraction of sp³-hybridized carbons (Fsp3) is 0.417. The van der Waals surface area contributed by atoms with Gasteiger partial charge in [0, 0.05) is 23.0 Å². The largest absolute Gasteiger partial charge is 0.497 e. The van der Waals surface area contributed by atoms with Crippen molar-refractivity contribution < 1.29 is 14.3 Å². The lowest BCUT2D eigenvalue weighted by molar-refractivity contribution is -0.135. The molecular formula is C24H27N3O3. The highest BCUT2D eigenvalue weighted by Crippen LogP contribution is 2.56. The summed E-state index contributed by atoms with van der Waals surface area (Å²) >= 11 is 0. The van der Waals surface area contributed by atoms with Gasteiger partial charge in [-0.15, -0.1) is 0 Å². The number of methoxy groups -OCH3 is 1. The van der Waals surface area contributed by atoms with E-state index in [2.05, 4.69) is 27.7 Å². The van der Waals surface area contributed by atoms with Gasteiger partial charge < -0.3 is 15.4 Å². The van der Waals surface area contributed by atoms with E-state index in [1.165, 1.54) is 0 Å². The molecular weight excluding hydrogens is 378 g/mol. The van der Waals surface area contributed by atoms with E-state index in [0.29, 0.717) is 12.1 Å². The minimum absolute atomic E-state index is 0.0644. The Hall–Kier alpha value is -2.86. The number of nitrogens with zero attached hydrogens (tertiary/aromatic N) is 1. The van der Waals surface area contributed by atoms with Crippen molar-refractivity contribution in [2.24, 2.45) is 5.92 Å². The molecule has 3 aliphatic rings. The molecule has 2 aromatic rings. The Morgan fingerprint density at radius 3 is 2.73 bits per heavy atom. The van der Waals surface area contributed by atoms with E-state index in [0.717, 1.165) is 47.5 Å². The number of carbonyl (C=O) groups excluding carboxylic acids is 2. The van der Waals surface area contributed by atoms with Crippen LogP contribution in [0.1, 0.15) is 36.0 Å². The van der Waals surface area contributed by atoms with Gasteiger partial charge in [0.05, 0.1) is 13.0 Å². The van der Waals surface area contributed by atoms with E-state index in [1.807, 2.05) is 38.1 Å². The molecule has 6 heteroatoms. The Morgan fingerprint density at radius 1 is 1.23 bits per heavy atom. The van der Waals surface area contributed by atoms with E-state index in [9.17, 15) is 9.59 Å². The summed E-state index contributed by atoms with van der Waals surface area (Å²) in [5.74, 6) is 0.135. The zero-order valence-electron chi connectivity index (χ0n) is 17.6. The van der Waals surface area contributed by atoms with Crippen molar-refractivity contribution in [2.45, 2.75) is 44.7 Å². The van der Waals surface area contributed by atoms with Crippen LogP contribution in [-0.4, -0.2) is 36.4 Å². The van der Waals surface area contributed by atoms with E-state index >= 15 is 0 Å². The van der Waals surface area contributed by atoms with Crippen LogP contribution in [0.5, 0.6) is 5.75 Å². The van der Waals surface area contributed by atoms with Crippen molar-refractivity contribution >= 4 is 23.2 Å². The van der Waals surface area contributed by atoms with Crippen LogP contribution in [0.3, 0.4) is 0 Å². The number of aryl methyl sites for hydroxylation is 2. The van der Waals surface area contributed by atoms with Crippen LogP contribution in [0.15, 0.2) is 36.4 Å². The summed E-state index contributed by atoms with van der Waals surface area (Å²) in [4.78, 5) is 29.4. The zero-order chi connectivity index (χ0) is 21.0. The molecule has 0 bridgehead atoms. The van der Waals surface area contributed by atoms with Crippen molar-refractivity contribution in [3.63, 3.8) is 0 Å². The molecule has 0 saturated carbocycles. The average molecular weight is 405 g/mol. The molecule has 3 aliphatic heterocycles. The van der Waals surface area contributed by atoms with Crippen molar-refractivity contribution in [3.05, 3.63) is 53.1 Å². The van der Waals surface area contributed by atoms with Gasteiger partial charge in [0.1, 0.15) is 11.3 Å². The van der Waals surface area contributed by atoms with Crippen molar-refractivity contribution in [1.82, 2.24) is 4.90 Å². The molecule has 2 amide bonds. The average Bonchev–Trinajstić information content (AvgIpc) is 3.38. The number of hydrogen-bond acceptors (Lipinski definition) is 4. The molecule has 156 valence electrons. The first-order valence-corrected chi connectivity index (χ1v) is 10.6. The summed E-state index contributed by atoms with van der Waals surface area (Å²) in [5, 5.41) is 6.18. The van der Waals surface area contributed by atoms with Crippen molar-refractivity contribution in [1.29, 1.82) is 0 Å². The first-order valence-electron chi connectivity index (χ1n) is 10.6. The number of rotatable bonds is 3. The number of hydrogen-bond donors (Lipinski definition) is 2. The van der Waals surface area contributed by atoms with Crippen LogP contribution < -0.4 is 15.4 Å². The van der Waals surface area contributed by atoms with Crippen molar-refractivity contribution in [3.8, 4) is 5.75 Å². The van der Waals surface area contributed by atoms with Crippen LogP contribution in [0.4, 0.5) is 11.4 Å². The van der Waals surface area contributed by atoms with E-state index in [-0.39, 0.29) is 17.9 Å². The van der Waals surface area contributed by atoms with Crippen LogP contribution in [0, 0.1) is 19.8 Å². The SMILES string of the molecule is COc1ccc(NC(=O)[C@@H]2C[C@H]3CCCN3[C@@]23C(=O)Nc2c(C)cc(C)cc23)cc1. The molecule has 3 heterocycles. The maximum absolute atomic E-state index is 13.6.